The minimum absolute atomic E-state index is 0.0188. The van der Waals surface area contributed by atoms with Gasteiger partial charge in [0, 0.05) is 13.2 Å². The molecule has 3 rings (SSSR count). The fraction of sp³-hybridized carbons (Fsp3) is 0.481. The molecule has 1 fully saturated rings. The van der Waals surface area contributed by atoms with Gasteiger partial charge in [-0.15, -0.1) is 0 Å². The number of carbonyl (C=O) groups excluding carboxylic acids is 2. The van der Waals surface area contributed by atoms with Gasteiger partial charge in [-0.1, -0.05) is 38.1 Å². The fourth-order valence-electron chi connectivity index (χ4n) is 4.11. The molecule has 0 saturated carbocycles. The molecular formula is C27H35NO5. The van der Waals surface area contributed by atoms with Gasteiger partial charge in [-0.25, -0.2) is 4.79 Å². The zero-order valence-corrected chi connectivity index (χ0v) is 20.1. The lowest BCUT2D eigenvalue weighted by molar-refractivity contribution is -0.131. The summed E-state index contributed by atoms with van der Waals surface area (Å²) in [7, 11) is 1.36. The molecule has 1 unspecified atom stereocenters. The summed E-state index contributed by atoms with van der Waals surface area (Å²) in [6.07, 6.45) is 2.21. The molecule has 6 nitrogen and oxygen atoms in total. The van der Waals surface area contributed by atoms with E-state index in [1.54, 1.807) is 12.1 Å². The summed E-state index contributed by atoms with van der Waals surface area (Å²) in [6.45, 7) is 8.02. The Kier molecular flexibility index (Phi) is 8.50. The van der Waals surface area contributed by atoms with Crippen LogP contribution in [0.4, 0.5) is 0 Å². The van der Waals surface area contributed by atoms with Crippen LogP contribution in [0, 0.1) is 5.92 Å². The third-order valence-corrected chi connectivity index (χ3v) is 6.31. The van der Waals surface area contributed by atoms with Crippen molar-refractivity contribution in [1.29, 1.82) is 0 Å². The molecule has 6 heteroatoms. The molecule has 0 radical (unpaired) electrons. The Balaban J connectivity index is 1.78. The van der Waals surface area contributed by atoms with Gasteiger partial charge in [-0.05, 0) is 67.5 Å². The third kappa shape index (κ3) is 6.14. The van der Waals surface area contributed by atoms with Crippen LogP contribution in [0.5, 0.6) is 5.75 Å². The SMILES string of the molecule is COC(=O)c1ccc(C(C)NC(=O)C2(c3cccc(OCCC(C)C)c3)CCOCC2)cc1. The van der Waals surface area contributed by atoms with E-state index in [-0.39, 0.29) is 17.9 Å². The van der Waals surface area contributed by atoms with Crippen LogP contribution in [0.2, 0.25) is 0 Å². The van der Waals surface area contributed by atoms with Crippen molar-refractivity contribution < 1.29 is 23.8 Å². The number of nitrogens with one attached hydrogen (secondary N) is 1. The van der Waals surface area contributed by atoms with Gasteiger partial charge in [-0.2, -0.15) is 0 Å². The van der Waals surface area contributed by atoms with Crippen molar-refractivity contribution in [3.05, 3.63) is 65.2 Å². The highest BCUT2D eigenvalue weighted by Gasteiger charge is 2.42. The van der Waals surface area contributed by atoms with Gasteiger partial charge in [-0.3, -0.25) is 4.79 Å². The molecule has 1 N–H and O–H groups in total. The first-order valence-electron chi connectivity index (χ1n) is 11.7. The maximum Gasteiger partial charge on any atom is 0.337 e. The molecule has 1 aliphatic rings. The van der Waals surface area contributed by atoms with E-state index < -0.39 is 5.41 Å². The Morgan fingerprint density at radius 3 is 2.39 bits per heavy atom. The van der Waals surface area contributed by atoms with Gasteiger partial charge in [0.05, 0.1) is 30.7 Å². The van der Waals surface area contributed by atoms with Gasteiger partial charge in [0.25, 0.3) is 0 Å². The topological polar surface area (TPSA) is 73.9 Å². The Bertz CT molecular complexity index is 932. The second kappa shape index (κ2) is 11.3. The van der Waals surface area contributed by atoms with E-state index in [4.69, 9.17) is 14.2 Å². The lowest BCUT2D eigenvalue weighted by Crippen LogP contribution is -2.48. The summed E-state index contributed by atoms with van der Waals surface area (Å²) in [6, 6.07) is 14.8. The van der Waals surface area contributed by atoms with Crippen molar-refractivity contribution in [1.82, 2.24) is 5.32 Å². The largest absolute Gasteiger partial charge is 0.494 e. The van der Waals surface area contributed by atoms with Crippen molar-refractivity contribution in [2.75, 3.05) is 26.9 Å². The number of amides is 1. The molecule has 0 aliphatic carbocycles. The van der Waals surface area contributed by atoms with Crippen molar-refractivity contribution in [2.24, 2.45) is 5.92 Å². The van der Waals surface area contributed by atoms with E-state index in [2.05, 4.69) is 19.2 Å². The van der Waals surface area contributed by atoms with E-state index in [1.807, 2.05) is 43.3 Å². The average molecular weight is 454 g/mol. The minimum Gasteiger partial charge on any atom is -0.494 e. The van der Waals surface area contributed by atoms with Crippen LogP contribution in [-0.2, 0) is 19.7 Å². The zero-order valence-electron chi connectivity index (χ0n) is 20.1. The number of methoxy groups -OCH3 is 1. The van der Waals surface area contributed by atoms with Gasteiger partial charge in [0.1, 0.15) is 5.75 Å². The summed E-state index contributed by atoms with van der Waals surface area (Å²) in [4.78, 5) is 25.3. The molecule has 0 aromatic heterocycles. The highest BCUT2D eigenvalue weighted by molar-refractivity contribution is 5.90. The van der Waals surface area contributed by atoms with E-state index in [1.165, 1.54) is 7.11 Å². The van der Waals surface area contributed by atoms with Crippen LogP contribution in [-0.4, -0.2) is 38.8 Å². The monoisotopic (exact) mass is 453 g/mol. The molecule has 0 spiro atoms. The van der Waals surface area contributed by atoms with Crippen molar-refractivity contribution in [3.8, 4) is 5.75 Å². The molecule has 1 atom stereocenters. The molecule has 0 bridgehead atoms. The number of hydrogen-bond donors (Lipinski definition) is 1. The summed E-state index contributed by atoms with van der Waals surface area (Å²) in [5.41, 5.74) is 1.69. The smallest absolute Gasteiger partial charge is 0.337 e. The molecule has 1 aliphatic heterocycles. The van der Waals surface area contributed by atoms with E-state index >= 15 is 0 Å². The molecule has 1 amide bonds. The predicted molar refractivity (Wildman–Crippen MR) is 127 cm³/mol. The standard InChI is InChI=1S/C27H35NO5/c1-19(2)12-15-33-24-7-5-6-23(18-24)27(13-16-32-17-14-27)26(30)28-20(3)21-8-10-22(11-9-21)25(29)31-4/h5-11,18-20H,12-17H2,1-4H3,(H,28,30). The van der Waals surface area contributed by atoms with Crippen LogP contribution in [0.15, 0.2) is 48.5 Å². The molecule has 178 valence electrons. The minimum atomic E-state index is -0.671. The second-order valence-electron chi connectivity index (χ2n) is 9.06. The Morgan fingerprint density at radius 2 is 1.76 bits per heavy atom. The van der Waals surface area contributed by atoms with Crippen molar-refractivity contribution >= 4 is 11.9 Å². The average Bonchev–Trinajstić information content (AvgIpc) is 2.84. The first kappa shape index (κ1) is 24.8. The summed E-state index contributed by atoms with van der Waals surface area (Å²) < 4.78 is 16.3. The highest BCUT2D eigenvalue weighted by Crippen LogP contribution is 2.37. The lowest BCUT2D eigenvalue weighted by atomic mass is 9.73. The van der Waals surface area contributed by atoms with Gasteiger partial charge in [0.15, 0.2) is 0 Å². The van der Waals surface area contributed by atoms with Gasteiger partial charge < -0.3 is 19.5 Å². The van der Waals surface area contributed by atoms with Crippen molar-refractivity contribution in [3.63, 3.8) is 0 Å². The normalized spacial score (nSPS) is 16.2. The van der Waals surface area contributed by atoms with Gasteiger partial charge >= 0.3 is 5.97 Å². The molecule has 33 heavy (non-hydrogen) atoms. The Labute approximate surface area is 196 Å². The molecule has 2 aromatic rings. The van der Waals surface area contributed by atoms with E-state index in [0.29, 0.717) is 44.1 Å². The quantitative estimate of drug-likeness (QED) is 0.551. The zero-order chi connectivity index (χ0) is 23.8. The molecule has 1 saturated heterocycles. The van der Waals surface area contributed by atoms with E-state index in [0.717, 1.165) is 23.3 Å². The van der Waals surface area contributed by atoms with Crippen LogP contribution in [0.3, 0.4) is 0 Å². The Morgan fingerprint density at radius 1 is 1.06 bits per heavy atom. The van der Waals surface area contributed by atoms with Gasteiger partial charge in [0.2, 0.25) is 5.91 Å². The number of benzene rings is 2. The Hall–Kier alpha value is -2.86. The first-order chi connectivity index (χ1) is 15.9. The van der Waals surface area contributed by atoms with Crippen molar-refractivity contribution in [2.45, 2.75) is 51.5 Å². The number of hydrogen-bond acceptors (Lipinski definition) is 5. The number of carbonyl (C=O) groups is 2. The molecule has 1 heterocycles. The fourth-order valence-corrected chi connectivity index (χ4v) is 4.11. The number of ether oxygens (including phenoxy) is 3. The summed E-state index contributed by atoms with van der Waals surface area (Å²) in [5.74, 6) is 0.965. The van der Waals surface area contributed by atoms with Crippen LogP contribution in [0.1, 0.15) is 67.6 Å². The third-order valence-electron chi connectivity index (χ3n) is 6.31. The van der Waals surface area contributed by atoms with E-state index in [9.17, 15) is 9.59 Å². The van der Waals surface area contributed by atoms with Crippen LogP contribution >= 0.6 is 0 Å². The second-order valence-corrected chi connectivity index (χ2v) is 9.06. The maximum atomic E-state index is 13.7. The predicted octanol–water partition coefficient (Wildman–Crippen LogP) is 4.82. The number of esters is 1. The number of rotatable bonds is 9. The van der Waals surface area contributed by atoms with Crippen LogP contribution < -0.4 is 10.1 Å². The van der Waals surface area contributed by atoms with Crippen LogP contribution in [0.25, 0.3) is 0 Å². The highest BCUT2D eigenvalue weighted by atomic mass is 16.5. The summed E-state index contributed by atoms with van der Waals surface area (Å²) in [5, 5.41) is 3.19. The maximum absolute atomic E-state index is 13.7. The molecular weight excluding hydrogens is 418 g/mol. The first-order valence-corrected chi connectivity index (χ1v) is 11.7. The molecule has 2 aromatic carbocycles. The summed E-state index contributed by atoms with van der Waals surface area (Å²) >= 11 is 0. The lowest BCUT2D eigenvalue weighted by Gasteiger charge is -2.37.